The molecule has 20 heavy (non-hydrogen) atoms. The van der Waals surface area contributed by atoms with Crippen molar-refractivity contribution in [1.29, 1.82) is 0 Å². The summed E-state index contributed by atoms with van der Waals surface area (Å²) in [7, 11) is 0. The van der Waals surface area contributed by atoms with Gasteiger partial charge < -0.3 is 15.0 Å². The van der Waals surface area contributed by atoms with Crippen LogP contribution in [0.3, 0.4) is 0 Å². The summed E-state index contributed by atoms with van der Waals surface area (Å²) in [6.45, 7) is 0. The Morgan fingerprint density at radius 2 is 2.45 bits per heavy atom. The lowest BCUT2D eigenvalue weighted by atomic mass is 10.1. The molecule has 2 aromatic heterocycles. The third-order valence-electron chi connectivity index (χ3n) is 3.78. The lowest BCUT2D eigenvalue weighted by Gasteiger charge is -2.21. The van der Waals surface area contributed by atoms with Crippen LogP contribution in [0.1, 0.15) is 24.4 Å². The van der Waals surface area contributed by atoms with Gasteiger partial charge in [-0.25, -0.2) is 4.98 Å². The number of carbonyl (C=O) groups is 1. The Balaban J connectivity index is 1.57. The largest absolute Gasteiger partial charge is 0.389 e. The number of imidazole rings is 1. The van der Waals surface area contributed by atoms with Crippen LogP contribution in [0.2, 0.25) is 0 Å². The standard InChI is InChI=1S/C14H17N3O2S/c18-13(7-10-3-6-20-8-10)16-11-1-2-12(14(11)19)17-5-4-15-9-17/h3-6,8-9,11-12,14,19H,1-2,7H2,(H,16,18)/t11-,12-,14-/m1/s1. The van der Waals surface area contributed by atoms with E-state index >= 15 is 0 Å². The van der Waals surface area contributed by atoms with Gasteiger partial charge in [0.2, 0.25) is 5.91 Å². The van der Waals surface area contributed by atoms with Gasteiger partial charge in [-0.1, -0.05) is 0 Å². The molecule has 3 atom stereocenters. The van der Waals surface area contributed by atoms with Gasteiger partial charge in [-0.3, -0.25) is 4.79 Å². The van der Waals surface area contributed by atoms with Crippen LogP contribution in [-0.4, -0.2) is 32.7 Å². The van der Waals surface area contributed by atoms with E-state index < -0.39 is 6.10 Å². The summed E-state index contributed by atoms with van der Waals surface area (Å²) in [5, 5.41) is 17.2. The summed E-state index contributed by atoms with van der Waals surface area (Å²) in [5.41, 5.74) is 1.02. The van der Waals surface area contributed by atoms with Crippen molar-refractivity contribution < 1.29 is 9.90 Å². The molecule has 6 heteroatoms. The van der Waals surface area contributed by atoms with Crippen LogP contribution in [0.4, 0.5) is 0 Å². The lowest BCUT2D eigenvalue weighted by Crippen LogP contribution is -2.42. The molecule has 1 aliphatic rings. The number of carbonyl (C=O) groups excluding carboxylic acids is 1. The van der Waals surface area contributed by atoms with Crippen molar-refractivity contribution in [1.82, 2.24) is 14.9 Å². The smallest absolute Gasteiger partial charge is 0.224 e. The zero-order valence-electron chi connectivity index (χ0n) is 11.0. The van der Waals surface area contributed by atoms with E-state index in [0.717, 1.165) is 18.4 Å². The van der Waals surface area contributed by atoms with Gasteiger partial charge in [-0.15, -0.1) is 0 Å². The Labute approximate surface area is 121 Å². The van der Waals surface area contributed by atoms with Crippen LogP contribution in [-0.2, 0) is 11.2 Å². The summed E-state index contributed by atoms with van der Waals surface area (Å²) in [5.74, 6) is -0.0290. The van der Waals surface area contributed by atoms with Gasteiger partial charge >= 0.3 is 0 Å². The molecule has 1 fully saturated rings. The zero-order valence-corrected chi connectivity index (χ0v) is 11.8. The van der Waals surface area contributed by atoms with E-state index in [1.165, 1.54) is 0 Å². The Morgan fingerprint density at radius 1 is 1.55 bits per heavy atom. The molecular weight excluding hydrogens is 274 g/mol. The first-order valence-electron chi connectivity index (χ1n) is 6.70. The second-order valence-electron chi connectivity index (χ2n) is 5.13. The molecule has 0 spiro atoms. The summed E-state index contributed by atoms with van der Waals surface area (Å²) < 4.78 is 1.91. The fourth-order valence-electron chi connectivity index (χ4n) is 2.75. The van der Waals surface area contributed by atoms with Gasteiger partial charge in [0, 0.05) is 12.4 Å². The topological polar surface area (TPSA) is 67.2 Å². The Bertz CT molecular complexity index is 553. The highest BCUT2D eigenvalue weighted by Gasteiger charge is 2.36. The maximum absolute atomic E-state index is 12.0. The molecule has 106 valence electrons. The van der Waals surface area contributed by atoms with E-state index in [-0.39, 0.29) is 18.0 Å². The molecule has 2 aromatic rings. The predicted molar refractivity (Wildman–Crippen MR) is 76.5 cm³/mol. The number of nitrogens with one attached hydrogen (secondary N) is 1. The molecule has 3 rings (SSSR count). The third-order valence-corrected chi connectivity index (χ3v) is 4.51. The van der Waals surface area contributed by atoms with E-state index in [1.807, 2.05) is 27.6 Å². The summed E-state index contributed by atoms with van der Waals surface area (Å²) in [6, 6.07) is 1.78. The molecule has 1 aliphatic carbocycles. The quantitative estimate of drug-likeness (QED) is 0.894. The zero-order chi connectivity index (χ0) is 13.9. The first kappa shape index (κ1) is 13.3. The number of hydrogen-bond acceptors (Lipinski definition) is 4. The molecule has 5 nitrogen and oxygen atoms in total. The van der Waals surface area contributed by atoms with Crippen molar-refractivity contribution in [3.05, 3.63) is 41.1 Å². The maximum Gasteiger partial charge on any atom is 0.224 e. The van der Waals surface area contributed by atoms with Gasteiger partial charge in [-0.05, 0) is 35.2 Å². The molecule has 2 N–H and O–H groups in total. The first-order chi connectivity index (χ1) is 9.74. The summed E-state index contributed by atoms with van der Waals surface area (Å²) >= 11 is 1.58. The Kier molecular flexibility index (Phi) is 3.84. The SMILES string of the molecule is O=C(Cc1ccsc1)N[C@@H]1CC[C@@H](n2ccnc2)[C@@H]1O. The first-order valence-corrected chi connectivity index (χ1v) is 7.64. The van der Waals surface area contributed by atoms with E-state index in [1.54, 1.807) is 23.9 Å². The fraction of sp³-hybridized carbons (Fsp3) is 0.429. The molecule has 2 heterocycles. The number of rotatable bonds is 4. The van der Waals surface area contributed by atoms with Crippen molar-refractivity contribution in [2.45, 2.75) is 37.5 Å². The molecule has 0 saturated heterocycles. The van der Waals surface area contributed by atoms with Crippen molar-refractivity contribution >= 4 is 17.2 Å². The van der Waals surface area contributed by atoms with Gasteiger partial charge in [0.05, 0.1) is 30.9 Å². The van der Waals surface area contributed by atoms with Crippen LogP contribution in [0.15, 0.2) is 35.5 Å². The summed E-state index contributed by atoms with van der Waals surface area (Å²) in [6.07, 6.45) is 6.72. The molecule has 0 unspecified atom stereocenters. The normalized spacial score (nSPS) is 25.8. The van der Waals surface area contributed by atoms with Crippen molar-refractivity contribution in [2.75, 3.05) is 0 Å². The number of thiophene rings is 1. The predicted octanol–water partition coefficient (Wildman–Crippen LogP) is 1.37. The molecule has 1 saturated carbocycles. The molecule has 0 aliphatic heterocycles. The number of nitrogens with zero attached hydrogens (tertiary/aromatic N) is 2. The summed E-state index contributed by atoms with van der Waals surface area (Å²) in [4.78, 5) is 16.0. The Hall–Kier alpha value is -1.66. The van der Waals surface area contributed by atoms with Gasteiger partial charge in [-0.2, -0.15) is 11.3 Å². The van der Waals surface area contributed by atoms with Crippen molar-refractivity contribution in [2.24, 2.45) is 0 Å². The number of amides is 1. The monoisotopic (exact) mass is 291 g/mol. The highest BCUT2D eigenvalue weighted by atomic mass is 32.1. The second kappa shape index (κ2) is 5.76. The van der Waals surface area contributed by atoms with E-state index in [9.17, 15) is 9.90 Å². The second-order valence-corrected chi connectivity index (χ2v) is 5.91. The van der Waals surface area contributed by atoms with Crippen LogP contribution in [0.5, 0.6) is 0 Å². The molecule has 0 bridgehead atoms. The molecule has 1 amide bonds. The molecular formula is C14H17N3O2S. The van der Waals surface area contributed by atoms with Crippen LogP contribution in [0.25, 0.3) is 0 Å². The minimum absolute atomic E-state index is 0.00366. The van der Waals surface area contributed by atoms with Gasteiger partial charge in [0.15, 0.2) is 0 Å². The van der Waals surface area contributed by atoms with E-state index in [0.29, 0.717) is 6.42 Å². The average Bonchev–Trinajstić information content (AvgIpc) is 3.13. The van der Waals surface area contributed by atoms with Crippen LogP contribution < -0.4 is 5.32 Å². The maximum atomic E-state index is 12.0. The van der Waals surface area contributed by atoms with Gasteiger partial charge in [0.25, 0.3) is 0 Å². The average molecular weight is 291 g/mol. The molecule has 0 radical (unpaired) electrons. The van der Waals surface area contributed by atoms with E-state index in [2.05, 4.69) is 10.3 Å². The lowest BCUT2D eigenvalue weighted by molar-refractivity contribution is -0.121. The molecule has 0 aromatic carbocycles. The number of aliphatic hydroxyl groups is 1. The van der Waals surface area contributed by atoms with Gasteiger partial charge in [0.1, 0.15) is 0 Å². The van der Waals surface area contributed by atoms with Crippen molar-refractivity contribution in [3.8, 4) is 0 Å². The minimum Gasteiger partial charge on any atom is -0.389 e. The number of aliphatic hydroxyl groups excluding tert-OH is 1. The van der Waals surface area contributed by atoms with E-state index in [4.69, 9.17) is 0 Å². The highest BCUT2D eigenvalue weighted by Crippen LogP contribution is 2.30. The fourth-order valence-corrected chi connectivity index (χ4v) is 3.41. The van der Waals surface area contributed by atoms with Crippen LogP contribution in [0, 0.1) is 0 Å². The third kappa shape index (κ3) is 2.76. The number of hydrogen-bond donors (Lipinski definition) is 2. The van der Waals surface area contributed by atoms with Crippen LogP contribution >= 0.6 is 11.3 Å². The Morgan fingerprint density at radius 3 is 3.15 bits per heavy atom. The minimum atomic E-state index is -0.560. The number of aromatic nitrogens is 2. The highest BCUT2D eigenvalue weighted by molar-refractivity contribution is 7.07. The van der Waals surface area contributed by atoms with Crippen molar-refractivity contribution in [3.63, 3.8) is 0 Å².